The summed E-state index contributed by atoms with van der Waals surface area (Å²) in [6, 6.07) is 9.91. The van der Waals surface area contributed by atoms with Crippen LogP contribution in [0.3, 0.4) is 0 Å². The van der Waals surface area contributed by atoms with Crippen LogP contribution in [0.25, 0.3) is 0 Å². The van der Waals surface area contributed by atoms with Gasteiger partial charge in [-0.05, 0) is 47.9 Å². The summed E-state index contributed by atoms with van der Waals surface area (Å²) in [6.45, 7) is 10.2. The van der Waals surface area contributed by atoms with Crippen LogP contribution in [0.1, 0.15) is 74.0 Å². The average molecular weight is 382 g/mol. The molecule has 1 aliphatic heterocycles. The van der Waals surface area contributed by atoms with E-state index in [-0.39, 0.29) is 12.0 Å². The van der Waals surface area contributed by atoms with Gasteiger partial charge in [-0.15, -0.1) is 0 Å². The van der Waals surface area contributed by atoms with Crippen molar-refractivity contribution >= 4 is 17.3 Å². The summed E-state index contributed by atoms with van der Waals surface area (Å²) >= 11 is 0. The van der Waals surface area contributed by atoms with Crippen LogP contribution in [-0.2, 0) is 4.74 Å². The summed E-state index contributed by atoms with van der Waals surface area (Å²) in [5.41, 5.74) is 4.50. The number of rotatable bonds is 7. The second-order valence-corrected chi connectivity index (χ2v) is 8.02. The van der Waals surface area contributed by atoms with Gasteiger partial charge >= 0.3 is 0 Å². The van der Waals surface area contributed by atoms with Crippen molar-refractivity contribution < 1.29 is 9.53 Å². The molecular weight excluding hydrogens is 350 g/mol. The van der Waals surface area contributed by atoms with Gasteiger partial charge in [0.15, 0.2) is 0 Å². The molecule has 0 aliphatic carbocycles. The Hall–Kier alpha value is -2.40. The maximum atomic E-state index is 13.0. The van der Waals surface area contributed by atoms with Crippen molar-refractivity contribution in [1.29, 1.82) is 0 Å². The number of anilines is 2. The predicted molar refractivity (Wildman–Crippen MR) is 114 cm³/mol. The van der Waals surface area contributed by atoms with Crippen LogP contribution in [0.4, 0.5) is 11.4 Å². The number of carbonyl (C=O) groups is 1. The third-order valence-corrected chi connectivity index (χ3v) is 5.16. The van der Waals surface area contributed by atoms with E-state index in [1.807, 2.05) is 6.07 Å². The molecule has 1 atom stereocenters. The lowest BCUT2D eigenvalue weighted by atomic mass is 9.92. The zero-order valence-electron chi connectivity index (χ0n) is 17.3. The molecule has 28 heavy (non-hydrogen) atoms. The standard InChI is InChI=1S/C23H31N3O2/c1-15(2)19-8-5-9-20(16(3)4)22(19)26-23(27)21-13-17(10-11-24-21)25-14-18-7-6-12-28-18/h5,8-11,13,15-16,18H,6-7,12,14H2,1-4H3,(H,24,25)(H,26,27). The van der Waals surface area contributed by atoms with E-state index in [9.17, 15) is 4.79 Å². The van der Waals surface area contributed by atoms with Gasteiger partial charge in [-0.3, -0.25) is 9.78 Å². The van der Waals surface area contributed by atoms with Gasteiger partial charge in [0.2, 0.25) is 0 Å². The SMILES string of the molecule is CC(C)c1cccc(C(C)C)c1NC(=O)c1cc(NCC2CCCO2)ccn1. The van der Waals surface area contributed by atoms with Crippen LogP contribution in [-0.4, -0.2) is 30.1 Å². The Morgan fingerprint density at radius 1 is 1.18 bits per heavy atom. The fraction of sp³-hybridized carbons (Fsp3) is 0.478. The average Bonchev–Trinajstić information content (AvgIpc) is 3.20. The van der Waals surface area contributed by atoms with E-state index in [0.717, 1.165) is 48.5 Å². The van der Waals surface area contributed by atoms with Crippen molar-refractivity contribution in [3.8, 4) is 0 Å². The first-order valence-corrected chi connectivity index (χ1v) is 10.2. The third kappa shape index (κ3) is 4.90. The minimum absolute atomic E-state index is 0.184. The first kappa shape index (κ1) is 20.3. The Balaban J connectivity index is 1.77. The third-order valence-electron chi connectivity index (χ3n) is 5.16. The summed E-state index contributed by atoms with van der Waals surface area (Å²) in [6.07, 6.45) is 4.11. The van der Waals surface area contributed by atoms with E-state index in [0.29, 0.717) is 17.5 Å². The molecule has 1 aliphatic rings. The van der Waals surface area contributed by atoms with E-state index < -0.39 is 0 Å². The highest BCUT2D eigenvalue weighted by Gasteiger charge is 2.18. The number of nitrogens with one attached hydrogen (secondary N) is 2. The zero-order valence-corrected chi connectivity index (χ0v) is 17.3. The molecule has 1 saturated heterocycles. The molecule has 0 saturated carbocycles. The first-order chi connectivity index (χ1) is 13.5. The molecule has 1 aromatic heterocycles. The van der Waals surface area contributed by atoms with Crippen molar-refractivity contribution in [3.63, 3.8) is 0 Å². The van der Waals surface area contributed by atoms with Crippen LogP contribution in [0.5, 0.6) is 0 Å². The number of hydrogen-bond donors (Lipinski definition) is 2. The molecule has 1 unspecified atom stereocenters. The maximum Gasteiger partial charge on any atom is 0.274 e. The molecule has 3 rings (SSSR count). The highest BCUT2D eigenvalue weighted by molar-refractivity contribution is 6.04. The number of amides is 1. The number of aromatic nitrogens is 1. The Morgan fingerprint density at radius 3 is 2.50 bits per heavy atom. The highest BCUT2D eigenvalue weighted by Crippen LogP contribution is 2.32. The smallest absolute Gasteiger partial charge is 0.274 e. The second-order valence-electron chi connectivity index (χ2n) is 8.02. The van der Waals surface area contributed by atoms with Crippen molar-refractivity contribution in [2.75, 3.05) is 23.8 Å². The molecular formula is C23H31N3O2. The normalized spacial score (nSPS) is 16.6. The molecule has 150 valence electrons. The van der Waals surface area contributed by atoms with Gasteiger partial charge in [0.25, 0.3) is 5.91 Å². The lowest BCUT2D eigenvalue weighted by Crippen LogP contribution is -2.20. The second kappa shape index (κ2) is 9.20. The quantitative estimate of drug-likeness (QED) is 0.694. The van der Waals surface area contributed by atoms with Crippen LogP contribution in [0.2, 0.25) is 0 Å². The number of benzene rings is 1. The summed E-state index contributed by atoms with van der Waals surface area (Å²) in [5, 5.41) is 6.49. The van der Waals surface area contributed by atoms with Gasteiger partial charge in [-0.1, -0.05) is 45.9 Å². The van der Waals surface area contributed by atoms with Crippen molar-refractivity contribution in [2.45, 2.75) is 58.5 Å². The topological polar surface area (TPSA) is 63.2 Å². The van der Waals surface area contributed by atoms with Crippen molar-refractivity contribution in [1.82, 2.24) is 4.98 Å². The number of nitrogens with zero attached hydrogens (tertiary/aromatic N) is 1. The molecule has 1 aromatic carbocycles. The summed E-state index contributed by atoms with van der Waals surface area (Å²) in [4.78, 5) is 17.2. The van der Waals surface area contributed by atoms with Crippen molar-refractivity contribution in [2.24, 2.45) is 0 Å². The van der Waals surface area contributed by atoms with Crippen LogP contribution >= 0.6 is 0 Å². The predicted octanol–water partition coefficient (Wildman–Crippen LogP) is 5.17. The summed E-state index contributed by atoms with van der Waals surface area (Å²) in [7, 11) is 0. The largest absolute Gasteiger partial charge is 0.382 e. The number of para-hydroxylation sites is 1. The van der Waals surface area contributed by atoms with E-state index in [2.05, 4.69) is 61.5 Å². The molecule has 5 heteroatoms. The molecule has 2 heterocycles. The van der Waals surface area contributed by atoms with E-state index in [1.54, 1.807) is 12.3 Å². The fourth-order valence-electron chi connectivity index (χ4n) is 3.57. The Labute approximate surface area is 167 Å². The molecule has 2 aromatic rings. The minimum Gasteiger partial charge on any atom is -0.382 e. The van der Waals surface area contributed by atoms with E-state index in [1.165, 1.54) is 0 Å². The van der Waals surface area contributed by atoms with Crippen molar-refractivity contribution in [3.05, 3.63) is 53.3 Å². The molecule has 2 N–H and O–H groups in total. The van der Waals surface area contributed by atoms with Crippen LogP contribution in [0, 0.1) is 0 Å². The first-order valence-electron chi connectivity index (χ1n) is 10.2. The maximum absolute atomic E-state index is 13.0. The zero-order chi connectivity index (χ0) is 20.1. The molecule has 0 spiro atoms. The fourth-order valence-corrected chi connectivity index (χ4v) is 3.57. The number of ether oxygens (including phenoxy) is 1. The van der Waals surface area contributed by atoms with E-state index >= 15 is 0 Å². The number of hydrogen-bond acceptors (Lipinski definition) is 4. The molecule has 0 bridgehead atoms. The number of carbonyl (C=O) groups excluding carboxylic acids is 1. The van der Waals surface area contributed by atoms with Crippen LogP contribution < -0.4 is 10.6 Å². The Bertz CT molecular complexity index is 785. The summed E-state index contributed by atoms with van der Waals surface area (Å²) in [5.74, 6) is 0.457. The molecule has 1 fully saturated rings. The minimum atomic E-state index is -0.184. The Morgan fingerprint density at radius 2 is 1.89 bits per heavy atom. The number of pyridine rings is 1. The Kier molecular flexibility index (Phi) is 6.68. The van der Waals surface area contributed by atoms with Gasteiger partial charge in [-0.2, -0.15) is 0 Å². The summed E-state index contributed by atoms with van der Waals surface area (Å²) < 4.78 is 5.65. The molecule has 5 nitrogen and oxygen atoms in total. The lowest BCUT2D eigenvalue weighted by molar-refractivity contribution is 0.102. The molecule has 1 amide bonds. The lowest BCUT2D eigenvalue weighted by Gasteiger charge is -2.20. The van der Waals surface area contributed by atoms with Crippen LogP contribution in [0.15, 0.2) is 36.5 Å². The van der Waals surface area contributed by atoms with Gasteiger partial charge in [0.05, 0.1) is 6.10 Å². The highest BCUT2D eigenvalue weighted by atomic mass is 16.5. The van der Waals surface area contributed by atoms with Gasteiger partial charge in [0.1, 0.15) is 5.69 Å². The van der Waals surface area contributed by atoms with Gasteiger partial charge < -0.3 is 15.4 Å². The van der Waals surface area contributed by atoms with Gasteiger partial charge in [0, 0.05) is 30.7 Å². The van der Waals surface area contributed by atoms with Gasteiger partial charge in [-0.25, -0.2) is 0 Å². The monoisotopic (exact) mass is 381 g/mol. The van der Waals surface area contributed by atoms with E-state index in [4.69, 9.17) is 4.74 Å². The molecule has 0 radical (unpaired) electrons.